The molecule has 1 amide bonds. The van der Waals surface area contributed by atoms with Gasteiger partial charge in [-0.05, 0) is 12.1 Å². The Morgan fingerprint density at radius 1 is 1.53 bits per heavy atom. The van der Waals surface area contributed by atoms with E-state index in [4.69, 9.17) is 4.74 Å². The molecule has 0 fully saturated rings. The Labute approximate surface area is 114 Å². The zero-order chi connectivity index (χ0) is 13.7. The summed E-state index contributed by atoms with van der Waals surface area (Å²) >= 11 is 1.49. The maximum Gasteiger partial charge on any atom is 0.260 e. The van der Waals surface area contributed by atoms with Crippen molar-refractivity contribution in [2.45, 2.75) is 6.54 Å². The van der Waals surface area contributed by atoms with E-state index in [9.17, 15) is 9.18 Å². The Balaban J connectivity index is 1.84. The minimum absolute atomic E-state index is 0.120. The number of likely N-dealkylation sites (N-methyl/N-ethyl adjacent to an activating group) is 1. The number of aromatic nitrogens is 1. The largest absolute Gasteiger partial charge is 0.484 e. The molecule has 0 spiro atoms. The normalized spacial score (nSPS) is 10.2. The maximum atomic E-state index is 12.9. The molecule has 1 heterocycles. The fourth-order valence-corrected chi connectivity index (χ4v) is 2.10. The topological polar surface area (TPSA) is 42.4 Å². The summed E-state index contributed by atoms with van der Waals surface area (Å²) in [5.41, 5.74) is 0. The van der Waals surface area contributed by atoms with Gasteiger partial charge in [0.05, 0.1) is 6.54 Å². The average Bonchev–Trinajstić information content (AvgIpc) is 2.89. The monoisotopic (exact) mass is 280 g/mol. The fraction of sp³-hybridized carbons (Fsp3) is 0.231. The van der Waals surface area contributed by atoms with Crippen LogP contribution in [-0.4, -0.2) is 29.4 Å². The number of carbonyl (C=O) groups excluding carboxylic acids is 1. The summed E-state index contributed by atoms with van der Waals surface area (Å²) in [5, 5.41) is 2.72. The first-order valence-electron chi connectivity index (χ1n) is 5.66. The van der Waals surface area contributed by atoms with Crippen molar-refractivity contribution in [1.29, 1.82) is 0 Å². The smallest absolute Gasteiger partial charge is 0.260 e. The number of benzene rings is 1. The van der Waals surface area contributed by atoms with Crippen molar-refractivity contribution in [2.75, 3.05) is 13.7 Å². The number of thiazole rings is 1. The summed E-state index contributed by atoms with van der Waals surface area (Å²) in [6.07, 6.45) is 1.70. The third kappa shape index (κ3) is 4.03. The molecule has 0 aliphatic carbocycles. The predicted octanol–water partition coefficient (Wildman–Crippen LogP) is 2.32. The van der Waals surface area contributed by atoms with Crippen molar-refractivity contribution in [2.24, 2.45) is 0 Å². The maximum absolute atomic E-state index is 12.9. The number of nitrogens with zero attached hydrogens (tertiary/aromatic N) is 2. The van der Waals surface area contributed by atoms with Crippen LogP contribution in [0.25, 0.3) is 0 Å². The molecule has 0 unspecified atom stereocenters. The van der Waals surface area contributed by atoms with Gasteiger partial charge in [-0.1, -0.05) is 6.07 Å². The molecule has 0 atom stereocenters. The summed E-state index contributed by atoms with van der Waals surface area (Å²) < 4.78 is 18.2. The van der Waals surface area contributed by atoms with Crippen LogP contribution in [0, 0.1) is 5.82 Å². The molecule has 6 heteroatoms. The number of carbonyl (C=O) groups is 1. The van der Waals surface area contributed by atoms with Crippen LogP contribution >= 0.6 is 11.3 Å². The van der Waals surface area contributed by atoms with Gasteiger partial charge in [-0.25, -0.2) is 9.37 Å². The van der Waals surface area contributed by atoms with Crippen molar-refractivity contribution in [3.63, 3.8) is 0 Å². The molecule has 2 aromatic rings. The summed E-state index contributed by atoms with van der Waals surface area (Å²) in [4.78, 5) is 17.4. The van der Waals surface area contributed by atoms with Crippen LogP contribution in [0.1, 0.15) is 5.01 Å². The first kappa shape index (κ1) is 13.5. The second kappa shape index (κ2) is 6.29. The molecule has 100 valence electrons. The minimum Gasteiger partial charge on any atom is -0.484 e. The molecule has 0 saturated heterocycles. The first-order valence-corrected chi connectivity index (χ1v) is 6.54. The number of amides is 1. The lowest BCUT2D eigenvalue weighted by Crippen LogP contribution is -2.30. The van der Waals surface area contributed by atoms with Crippen LogP contribution in [0.15, 0.2) is 35.8 Å². The minimum atomic E-state index is -0.388. The van der Waals surface area contributed by atoms with E-state index in [1.807, 2.05) is 5.38 Å². The van der Waals surface area contributed by atoms with Gasteiger partial charge >= 0.3 is 0 Å². The molecule has 0 aliphatic heterocycles. The highest BCUT2D eigenvalue weighted by Gasteiger charge is 2.11. The molecule has 0 saturated carbocycles. The van der Waals surface area contributed by atoms with E-state index < -0.39 is 0 Å². The number of halogens is 1. The molecule has 4 nitrogen and oxygen atoms in total. The highest BCUT2D eigenvalue weighted by Crippen LogP contribution is 2.12. The third-order valence-electron chi connectivity index (χ3n) is 2.44. The molecule has 0 aliphatic rings. The van der Waals surface area contributed by atoms with Gasteiger partial charge in [-0.15, -0.1) is 11.3 Å². The van der Waals surface area contributed by atoms with Crippen molar-refractivity contribution < 1.29 is 13.9 Å². The van der Waals surface area contributed by atoms with Gasteiger partial charge in [0, 0.05) is 24.7 Å². The van der Waals surface area contributed by atoms with Crippen LogP contribution in [0.5, 0.6) is 5.75 Å². The van der Waals surface area contributed by atoms with E-state index in [2.05, 4.69) is 4.98 Å². The van der Waals surface area contributed by atoms with E-state index in [0.29, 0.717) is 12.3 Å². The van der Waals surface area contributed by atoms with E-state index in [0.717, 1.165) is 5.01 Å². The van der Waals surface area contributed by atoms with Crippen LogP contribution in [0.2, 0.25) is 0 Å². The van der Waals surface area contributed by atoms with Crippen LogP contribution in [0.3, 0.4) is 0 Å². The Kier molecular flexibility index (Phi) is 4.46. The summed E-state index contributed by atoms with van der Waals surface area (Å²) in [7, 11) is 1.68. The lowest BCUT2D eigenvalue weighted by atomic mass is 10.3. The quantitative estimate of drug-likeness (QED) is 0.844. The molecular weight excluding hydrogens is 267 g/mol. The van der Waals surface area contributed by atoms with Gasteiger partial charge in [0.1, 0.15) is 16.6 Å². The zero-order valence-corrected chi connectivity index (χ0v) is 11.2. The molecular formula is C13H13FN2O2S. The second-order valence-corrected chi connectivity index (χ2v) is 4.90. The Hall–Kier alpha value is -1.95. The van der Waals surface area contributed by atoms with Crippen LogP contribution in [0.4, 0.5) is 4.39 Å². The third-order valence-corrected chi connectivity index (χ3v) is 3.20. The predicted molar refractivity (Wildman–Crippen MR) is 70.5 cm³/mol. The summed E-state index contributed by atoms with van der Waals surface area (Å²) in [5.74, 6) is -0.225. The van der Waals surface area contributed by atoms with E-state index in [1.54, 1.807) is 19.3 Å². The van der Waals surface area contributed by atoms with E-state index in [-0.39, 0.29) is 18.3 Å². The number of ether oxygens (including phenoxy) is 1. The van der Waals surface area contributed by atoms with Crippen molar-refractivity contribution in [3.05, 3.63) is 46.7 Å². The highest BCUT2D eigenvalue weighted by molar-refractivity contribution is 7.09. The Morgan fingerprint density at radius 3 is 3.05 bits per heavy atom. The fourth-order valence-electron chi connectivity index (χ4n) is 1.43. The highest BCUT2D eigenvalue weighted by atomic mass is 32.1. The first-order chi connectivity index (χ1) is 9.15. The van der Waals surface area contributed by atoms with Gasteiger partial charge < -0.3 is 9.64 Å². The summed E-state index contributed by atoms with van der Waals surface area (Å²) in [6.45, 7) is 0.328. The van der Waals surface area contributed by atoms with Gasteiger partial charge in [-0.2, -0.15) is 0 Å². The molecule has 0 radical (unpaired) electrons. The standard InChI is InChI=1S/C13H13FN2O2S/c1-16(8-12-15-5-6-19-12)13(17)9-18-11-4-2-3-10(14)7-11/h2-7H,8-9H2,1H3. The zero-order valence-electron chi connectivity index (χ0n) is 10.4. The second-order valence-electron chi connectivity index (χ2n) is 3.92. The lowest BCUT2D eigenvalue weighted by Gasteiger charge is -2.16. The van der Waals surface area contributed by atoms with Crippen molar-refractivity contribution >= 4 is 17.2 Å². The molecule has 0 N–H and O–H groups in total. The van der Waals surface area contributed by atoms with E-state index >= 15 is 0 Å². The van der Waals surface area contributed by atoms with Crippen molar-refractivity contribution in [1.82, 2.24) is 9.88 Å². The lowest BCUT2D eigenvalue weighted by molar-refractivity contribution is -0.132. The van der Waals surface area contributed by atoms with Gasteiger partial charge in [-0.3, -0.25) is 4.79 Å². The van der Waals surface area contributed by atoms with Crippen LogP contribution in [-0.2, 0) is 11.3 Å². The Bertz CT molecular complexity index is 545. The molecule has 2 rings (SSSR count). The molecule has 0 bridgehead atoms. The van der Waals surface area contributed by atoms with E-state index in [1.165, 1.54) is 34.4 Å². The molecule has 1 aromatic heterocycles. The average molecular weight is 280 g/mol. The molecule has 19 heavy (non-hydrogen) atoms. The van der Waals surface area contributed by atoms with Crippen LogP contribution < -0.4 is 4.74 Å². The van der Waals surface area contributed by atoms with Gasteiger partial charge in [0.15, 0.2) is 6.61 Å². The Morgan fingerprint density at radius 2 is 2.37 bits per heavy atom. The van der Waals surface area contributed by atoms with Gasteiger partial charge in [0.2, 0.25) is 0 Å². The van der Waals surface area contributed by atoms with Gasteiger partial charge in [0.25, 0.3) is 5.91 Å². The molecule has 1 aromatic carbocycles. The number of hydrogen-bond acceptors (Lipinski definition) is 4. The van der Waals surface area contributed by atoms with Crippen molar-refractivity contribution in [3.8, 4) is 5.75 Å². The number of rotatable bonds is 5. The summed E-state index contributed by atoms with van der Waals surface area (Å²) in [6, 6.07) is 5.71. The SMILES string of the molecule is CN(Cc1nccs1)C(=O)COc1cccc(F)c1. The number of hydrogen-bond donors (Lipinski definition) is 0.